The zero-order chi connectivity index (χ0) is 25.3. The van der Waals surface area contributed by atoms with E-state index in [2.05, 4.69) is 12.1 Å². The van der Waals surface area contributed by atoms with Crippen molar-refractivity contribution in [2.45, 2.75) is 64.4 Å². The van der Waals surface area contributed by atoms with Gasteiger partial charge in [0.1, 0.15) is 23.3 Å². The SMILES string of the molecule is COc1ccccc1COCCCOc1ccc(C2CCN(C(=O)OC(C)(C)C)C(OC)C2)cc1. The minimum Gasteiger partial charge on any atom is -0.496 e. The van der Waals surface area contributed by atoms with Gasteiger partial charge in [-0.15, -0.1) is 0 Å². The zero-order valence-corrected chi connectivity index (χ0v) is 21.6. The first kappa shape index (κ1) is 26.8. The van der Waals surface area contributed by atoms with E-state index < -0.39 is 5.60 Å². The fourth-order valence-electron chi connectivity index (χ4n) is 4.17. The van der Waals surface area contributed by atoms with Crippen LogP contribution in [0.1, 0.15) is 57.1 Å². The van der Waals surface area contributed by atoms with Gasteiger partial charge in [-0.3, -0.25) is 4.90 Å². The molecule has 2 aromatic carbocycles. The Bertz CT molecular complexity index is 924. The second kappa shape index (κ2) is 12.8. The van der Waals surface area contributed by atoms with Gasteiger partial charge in [0.05, 0.1) is 26.9 Å². The Morgan fingerprint density at radius 2 is 1.77 bits per heavy atom. The average molecular weight is 486 g/mol. The lowest BCUT2D eigenvalue weighted by Gasteiger charge is -2.39. The number of hydrogen-bond acceptors (Lipinski definition) is 6. The van der Waals surface area contributed by atoms with Crippen LogP contribution in [0.2, 0.25) is 0 Å². The summed E-state index contributed by atoms with van der Waals surface area (Å²) in [7, 11) is 3.31. The highest BCUT2D eigenvalue weighted by Gasteiger charge is 2.34. The van der Waals surface area contributed by atoms with Gasteiger partial charge in [0, 0.05) is 25.6 Å². The maximum absolute atomic E-state index is 12.5. The van der Waals surface area contributed by atoms with Gasteiger partial charge in [-0.25, -0.2) is 4.79 Å². The minimum absolute atomic E-state index is 0.296. The Hall–Kier alpha value is -2.77. The minimum atomic E-state index is -0.524. The molecule has 2 aromatic rings. The number of para-hydroxylation sites is 1. The van der Waals surface area contributed by atoms with Crippen LogP contribution in [0.3, 0.4) is 0 Å². The van der Waals surface area contributed by atoms with Crippen LogP contribution in [0.25, 0.3) is 0 Å². The summed E-state index contributed by atoms with van der Waals surface area (Å²) >= 11 is 0. The van der Waals surface area contributed by atoms with Crippen molar-refractivity contribution < 1.29 is 28.5 Å². The number of likely N-dealkylation sites (tertiary alicyclic amines) is 1. The largest absolute Gasteiger partial charge is 0.496 e. The lowest BCUT2D eigenvalue weighted by atomic mass is 9.88. The summed E-state index contributed by atoms with van der Waals surface area (Å²) in [5, 5.41) is 0. The van der Waals surface area contributed by atoms with Gasteiger partial charge in [0.15, 0.2) is 0 Å². The third-order valence-electron chi connectivity index (χ3n) is 5.96. The van der Waals surface area contributed by atoms with Gasteiger partial charge in [0.25, 0.3) is 0 Å². The number of rotatable bonds is 10. The van der Waals surface area contributed by atoms with E-state index in [1.165, 1.54) is 5.56 Å². The van der Waals surface area contributed by atoms with Crippen molar-refractivity contribution in [1.82, 2.24) is 4.90 Å². The number of methoxy groups -OCH3 is 2. The molecule has 7 heteroatoms. The first-order valence-electron chi connectivity index (χ1n) is 12.3. The second-order valence-electron chi connectivity index (χ2n) is 9.72. The van der Waals surface area contributed by atoms with E-state index in [4.69, 9.17) is 23.7 Å². The summed E-state index contributed by atoms with van der Waals surface area (Å²) < 4.78 is 28.2. The fourth-order valence-corrected chi connectivity index (χ4v) is 4.17. The number of nitrogens with zero attached hydrogens (tertiary/aromatic N) is 1. The van der Waals surface area contributed by atoms with E-state index >= 15 is 0 Å². The molecule has 192 valence electrons. The number of piperidine rings is 1. The molecular weight excluding hydrogens is 446 g/mol. The van der Waals surface area contributed by atoms with Crippen LogP contribution in [0.5, 0.6) is 11.5 Å². The van der Waals surface area contributed by atoms with Gasteiger partial charge in [0.2, 0.25) is 0 Å². The molecule has 0 saturated carbocycles. The van der Waals surface area contributed by atoms with E-state index in [-0.39, 0.29) is 12.3 Å². The van der Waals surface area contributed by atoms with Gasteiger partial charge in [-0.1, -0.05) is 30.3 Å². The molecule has 3 rings (SSSR count). The molecule has 1 heterocycles. The Balaban J connectivity index is 1.40. The molecule has 0 radical (unpaired) electrons. The molecule has 0 spiro atoms. The highest BCUT2D eigenvalue weighted by Crippen LogP contribution is 2.33. The Morgan fingerprint density at radius 3 is 2.46 bits per heavy atom. The molecule has 0 bridgehead atoms. The molecule has 0 aliphatic carbocycles. The Morgan fingerprint density at radius 1 is 1.03 bits per heavy atom. The topological polar surface area (TPSA) is 66.5 Å². The third kappa shape index (κ3) is 8.15. The van der Waals surface area contributed by atoms with Gasteiger partial charge >= 0.3 is 6.09 Å². The van der Waals surface area contributed by atoms with Crippen LogP contribution in [0.4, 0.5) is 4.79 Å². The quantitative estimate of drug-likeness (QED) is 0.398. The molecule has 1 amide bonds. The standard InChI is InChI=1S/C28H39NO6/c1-28(2,3)35-27(30)29-16-15-22(19-26(29)32-5)21-11-13-24(14-12-21)34-18-8-17-33-20-23-9-6-7-10-25(23)31-4/h6-7,9-14,22,26H,8,15-20H2,1-5H3. The third-order valence-corrected chi connectivity index (χ3v) is 5.96. The lowest BCUT2D eigenvalue weighted by Crippen LogP contribution is -2.48. The Kier molecular flexibility index (Phi) is 9.81. The zero-order valence-electron chi connectivity index (χ0n) is 21.6. The second-order valence-corrected chi connectivity index (χ2v) is 9.72. The summed E-state index contributed by atoms with van der Waals surface area (Å²) in [4.78, 5) is 14.2. The molecule has 1 aliphatic heterocycles. The predicted molar refractivity (Wildman–Crippen MR) is 135 cm³/mol. The van der Waals surface area contributed by atoms with Crippen molar-refractivity contribution in [3.63, 3.8) is 0 Å². The molecule has 7 nitrogen and oxygen atoms in total. The van der Waals surface area contributed by atoms with Crippen LogP contribution in [-0.2, 0) is 20.8 Å². The molecule has 2 atom stereocenters. The van der Waals surface area contributed by atoms with Crippen LogP contribution in [0, 0.1) is 0 Å². The number of carbonyl (C=O) groups excluding carboxylic acids is 1. The fraction of sp³-hybridized carbons (Fsp3) is 0.536. The van der Waals surface area contributed by atoms with Gasteiger partial charge in [-0.05, 0) is 63.3 Å². The van der Waals surface area contributed by atoms with E-state index in [0.717, 1.165) is 36.3 Å². The van der Waals surface area contributed by atoms with Crippen LogP contribution in [-0.4, -0.2) is 56.8 Å². The molecule has 2 unspecified atom stereocenters. The molecule has 0 N–H and O–H groups in total. The first-order valence-corrected chi connectivity index (χ1v) is 12.3. The monoisotopic (exact) mass is 485 g/mol. The van der Waals surface area contributed by atoms with Crippen LogP contribution >= 0.6 is 0 Å². The van der Waals surface area contributed by atoms with Crippen molar-refractivity contribution in [1.29, 1.82) is 0 Å². The molecule has 1 saturated heterocycles. The Labute approximate surface area is 209 Å². The first-order chi connectivity index (χ1) is 16.8. The number of ether oxygens (including phenoxy) is 5. The van der Waals surface area contributed by atoms with E-state index in [1.54, 1.807) is 19.1 Å². The highest BCUT2D eigenvalue weighted by atomic mass is 16.6. The van der Waals surface area contributed by atoms with Gasteiger partial charge in [-0.2, -0.15) is 0 Å². The average Bonchev–Trinajstić information content (AvgIpc) is 2.85. The lowest BCUT2D eigenvalue weighted by molar-refractivity contribution is -0.0692. The highest BCUT2D eigenvalue weighted by molar-refractivity contribution is 5.68. The van der Waals surface area contributed by atoms with Crippen molar-refractivity contribution >= 4 is 6.09 Å². The summed E-state index contributed by atoms with van der Waals surface area (Å²) in [5.41, 5.74) is 1.74. The number of carbonyl (C=O) groups is 1. The van der Waals surface area contributed by atoms with Crippen molar-refractivity contribution in [3.8, 4) is 11.5 Å². The van der Waals surface area contributed by atoms with E-state index in [9.17, 15) is 4.79 Å². The molecule has 1 fully saturated rings. The normalized spacial score (nSPS) is 18.3. The smallest absolute Gasteiger partial charge is 0.412 e. The van der Waals surface area contributed by atoms with Crippen molar-refractivity contribution in [2.75, 3.05) is 34.0 Å². The van der Waals surface area contributed by atoms with Crippen LogP contribution in [0.15, 0.2) is 48.5 Å². The number of benzene rings is 2. The number of amides is 1. The van der Waals surface area contributed by atoms with Crippen LogP contribution < -0.4 is 9.47 Å². The predicted octanol–water partition coefficient (Wildman–Crippen LogP) is 5.77. The maximum Gasteiger partial charge on any atom is 0.412 e. The van der Waals surface area contributed by atoms with E-state index in [0.29, 0.717) is 32.3 Å². The summed E-state index contributed by atoms with van der Waals surface area (Å²) in [6.45, 7) is 7.95. The number of hydrogen-bond donors (Lipinski definition) is 0. The van der Waals surface area contributed by atoms with E-state index in [1.807, 2.05) is 57.2 Å². The summed E-state index contributed by atoms with van der Waals surface area (Å²) in [6.07, 6.45) is 1.78. The summed E-state index contributed by atoms with van der Waals surface area (Å²) in [6, 6.07) is 16.1. The maximum atomic E-state index is 12.5. The van der Waals surface area contributed by atoms with Crippen molar-refractivity contribution in [2.24, 2.45) is 0 Å². The molecule has 0 aromatic heterocycles. The molecule has 35 heavy (non-hydrogen) atoms. The summed E-state index contributed by atoms with van der Waals surface area (Å²) in [5.74, 6) is 2.00. The van der Waals surface area contributed by atoms with Gasteiger partial charge < -0.3 is 23.7 Å². The molecular formula is C28H39NO6. The molecule has 1 aliphatic rings. The van der Waals surface area contributed by atoms with Crippen molar-refractivity contribution in [3.05, 3.63) is 59.7 Å².